The van der Waals surface area contributed by atoms with Crippen LogP contribution in [-0.2, 0) is 6.42 Å². The summed E-state index contributed by atoms with van der Waals surface area (Å²) in [5, 5.41) is 12.3. The van der Waals surface area contributed by atoms with Gasteiger partial charge in [0.05, 0.1) is 11.6 Å². The number of aromatic carboxylic acids is 1. The number of benzene rings is 1. The molecule has 0 radical (unpaired) electrons. The van der Waals surface area contributed by atoms with Crippen molar-refractivity contribution in [1.29, 1.82) is 0 Å². The molecule has 108 valence electrons. The second-order valence-electron chi connectivity index (χ2n) is 5.37. The van der Waals surface area contributed by atoms with E-state index in [2.05, 4.69) is 17.5 Å². The first kappa shape index (κ1) is 13.6. The van der Waals surface area contributed by atoms with Gasteiger partial charge in [-0.05, 0) is 42.2 Å². The maximum absolute atomic E-state index is 14.1. The molecule has 3 rings (SSSR count). The van der Waals surface area contributed by atoms with Crippen LogP contribution >= 0.6 is 0 Å². The SMILES string of the molecule is CC1=C(Cc2ccc(C(=O)O)cc2F)C2=CC=CCC2N1. The first-order valence-electron chi connectivity index (χ1n) is 6.91. The van der Waals surface area contributed by atoms with Crippen LogP contribution in [0, 0.1) is 5.82 Å². The molecule has 0 aromatic heterocycles. The van der Waals surface area contributed by atoms with Gasteiger partial charge < -0.3 is 10.4 Å². The predicted octanol–water partition coefficient (Wildman–Crippen LogP) is 3.20. The lowest BCUT2D eigenvalue weighted by molar-refractivity contribution is 0.0696. The summed E-state index contributed by atoms with van der Waals surface area (Å²) in [6.45, 7) is 2.00. The monoisotopic (exact) mass is 285 g/mol. The van der Waals surface area contributed by atoms with Crippen LogP contribution in [0.5, 0.6) is 0 Å². The maximum atomic E-state index is 14.1. The van der Waals surface area contributed by atoms with Crippen molar-refractivity contribution in [2.24, 2.45) is 0 Å². The summed E-state index contributed by atoms with van der Waals surface area (Å²) in [6, 6.07) is 4.38. The highest BCUT2D eigenvalue weighted by Gasteiger charge is 2.27. The highest BCUT2D eigenvalue weighted by molar-refractivity contribution is 5.87. The normalized spacial score (nSPS) is 20.1. The lowest BCUT2D eigenvalue weighted by Gasteiger charge is -2.16. The van der Waals surface area contributed by atoms with Gasteiger partial charge in [0.25, 0.3) is 0 Å². The van der Waals surface area contributed by atoms with Crippen molar-refractivity contribution in [3.63, 3.8) is 0 Å². The minimum atomic E-state index is -1.11. The molecule has 1 heterocycles. The van der Waals surface area contributed by atoms with E-state index in [1.807, 2.05) is 13.0 Å². The van der Waals surface area contributed by atoms with E-state index in [0.29, 0.717) is 12.0 Å². The average molecular weight is 285 g/mol. The number of carboxylic acid groups (broad SMARTS) is 1. The third kappa shape index (κ3) is 2.49. The van der Waals surface area contributed by atoms with Crippen LogP contribution in [0.1, 0.15) is 29.3 Å². The van der Waals surface area contributed by atoms with Crippen molar-refractivity contribution in [2.75, 3.05) is 0 Å². The smallest absolute Gasteiger partial charge is 0.335 e. The van der Waals surface area contributed by atoms with Gasteiger partial charge in [0, 0.05) is 12.1 Å². The fourth-order valence-electron chi connectivity index (χ4n) is 2.89. The number of carbonyl (C=O) groups is 1. The Bertz CT molecular complexity index is 701. The van der Waals surface area contributed by atoms with E-state index >= 15 is 0 Å². The number of fused-ring (bicyclic) bond motifs is 1. The Morgan fingerprint density at radius 2 is 2.29 bits per heavy atom. The molecule has 1 aromatic rings. The molecule has 0 saturated carbocycles. The van der Waals surface area contributed by atoms with Crippen molar-refractivity contribution >= 4 is 5.97 Å². The number of hydrogen-bond donors (Lipinski definition) is 2. The van der Waals surface area contributed by atoms with Crippen LogP contribution in [0.4, 0.5) is 4.39 Å². The van der Waals surface area contributed by atoms with E-state index in [1.165, 1.54) is 11.6 Å². The molecule has 3 nitrogen and oxygen atoms in total. The molecule has 1 aliphatic heterocycles. The Labute approximate surface area is 122 Å². The Balaban J connectivity index is 1.90. The number of halogens is 1. The molecular weight excluding hydrogens is 269 g/mol. The highest BCUT2D eigenvalue weighted by Crippen LogP contribution is 2.32. The van der Waals surface area contributed by atoms with Crippen molar-refractivity contribution in [3.05, 3.63) is 70.2 Å². The van der Waals surface area contributed by atoms with E-state index in [-0.39, 0.29) is 11.6 Å². The third-order valence-electron chi connectivity index (χ3n) is 4.02. The second-order valence-corrected chi connectivity index (χ2v) is 5.37. The minimum absolute atomic E-state index is 0.0239. The van der Waals surface area contributed by atoms with Gasteiger partial charge in [-0.15, -0.1) is 0 Å². The molecule has 0 spiro atoms. The molecule has 1 atom stereocenters. The van der Waals surface area contributed by atoms with E-state index < -0.39 is 11.8 Å². The minimum Gasteiger partial charge on any atom is -0.478 e. The van der Waals surface area contributed by atoms with Gasteiger partial charge in [-0.25, -0.2) is 9.18 Å². The Hall–Kier alpha value is -2.36. The zero-order chi connectivity index (χ0) is 15.0. The largest absolute Gasteiger partial charge is 0.478 e. The standard InChI is InChI=1S/C17H16FNO2/c1-10-14(13-4-2-3-5-16(13)19-10)8-11-6-7-12(17(20)21)9-15(11)18/h2-4,6-7,9,16,19H,5,8H2,1H3,(H,20,21). The van der Waals surface area contributed by atoms with Crippen molar-refractivity contribution < 1.29 is 14.3 Å². The Morgan fingerprint density at radius 1 is 1.48 bits per heavy atom. The number of rotatable bonds is 3. The zero-order valence-electron chi connectivity index (χ0n) is 11.7. The maximum Gasteiger partial charge on any atom is 0.335 e. The quantitative estimate of drug-likeness (QED) is 0.896. The number of carboxylic acids is 1. The van der Waals surface area contributed by atoms with Crippen molar-refractivity contribution in [1.82, 2.24) is 5.32 Å². The zero-order valence-corrected chi connectivity index (χ0v) is 11.7. The van der Waals surface area contributed by atoms with E-state index in [0.717, 1.165) is 23.8 Å². The van der Waals surface area contributed by atoms with Gasteiger partial charge in [0.15, 0.2) is 0 Å². The van der Waals surface area contributed by atoms with Gasteiger partial charge in [-0.2, -0.15) is 0 Å². The second kappa shape index (κ2) is 5.20. The summed E-state index contributed by atoms with van der Waals surface area (Å²) in [5.41, 5.74) is 3.87. The molecule has 4 heteroatoms. The molecule has 21 heavy (non-hydrogen) atoms. The third-order valence-corrected chi connectivity index (χ3v) is 4.02. The van der Waals surface area contributed by atoms with Crippen LogP contribution in [0.25, 0.3) is 0 Å². The van der Waals surface area contributed by atoms with Crippen LogP contribution < -0.4 is 5.32 Å². The van der Waals surface area contributed by atoms with E-state index in [4.69, 9.17) is 5.11 Å². The summed E-state index contributed by atoms with van der Waals surface area (Å²) in [6.07, 6.45) is 7.61. The van der Waals surface area contributed by atoms with Gasteiger partial charge in [-0.1, -0.05) is 24.3 Å². The fraction of sp³-hybridized carbons (Fsp3) is 0.235. The summed E-state index contributed by atoms with van der Waals surface area (Å²) in [7, 11) is 0. The first-order valence-corrected chi connectivity index (χ1v) is 6.91. The molecular formula is C17H16FNO2. The predicted molar refractivity (Wildman–Crippen MR) is 78.5 cm³/mol. The highest BCUT2D eigenvalue weighted by atomic mass is 19.1. The van der Waals surface area contributed by atoms with Crippen LogP contribution in [0.2, 0.25) is 0 Å². The summed E-state index contributed by atoms with van der Waals surface area (Å²) in [5.74, 6) is -1.58. The summed E-state index contributed by atoms with van der Waals surface area (Å²) in [4.78, 5) is 10.8. The Morgan fingerprint density at radius 3 is 3.00 bits per heavy atom. The van der Waals surface area contributed by atoms with Crippen LogP contribution in [-0.4, -0.2) is 17.1 Å². The molecule has 1 aromatic carbocycles. The van der Waals surface area contributed by atoms with Gasteiger partial charge in [-0.3, -0.25) is 0 Å². The van der Waals surface area contributed by atoms with Crippen molar-refractivity contribution in [3.8, 4) is 0 Å². The van der Waals surface area contributed by atoms with Gasteiger partial charge in [0.1, 0.15) is 5.82 Å². The fourth-order valence-corrected chi connectivity index (χ4v) is 2.89. The first-order chi connectivity index (χ1) is 10.1. The van der Waals surface area contributed by atoms with Crippen molar-refractivity contribution in [2.45, 2.75) is 25.8 Å². The molecule has 0 amide bonds. The average Bonchev–Trinajstić information content (AvgIpc) is 2.77. The molecule has 0 saturated heterocycles. The molecule has 2 aliphatic rings. The Kier molecular flexibility index (Phi) is 3.37. The molecule has 0 fully saturated rings. The van der Waals surface area contributed by atoms with E-state index in [9.17, 15) is 9.18 Å². The van der Waals surface area contributed by atoms with Crippen LogP contribution in [0.3, 0.4) is 0 Å². The van der Waals surface area contributed by atoms with E-state index in [1.54, 1.807) is 6.07 Å². The topological polar surface area (TPSA) is 49.3 Å². The summed E-state index contributed by atoms with van der Waals surface area (Å²) < 4.78 is 14.1. The van der Waals surface area contributed by atoms with Gasteiger partial charge >= 0.3 is 5.97 Å². The number of hydrogen-bond acceptors (Lipinski definition) is 2. The molecule has 0 bridgehead atoms. The molecule has 1 unspecified atom stereocenters. The van der Waals surface area contributed by atoms with Crippen LogP contribution in [0.15, 0.2) is 53.3 Å². The lowest BCUT2D eigenvalue weighted by Crippen LogP contribution is -2.23. The molecule has 1 aliphatic carbocycles. The van der Waals surface area contributed by atoms with Gasteiger partial charge in [0.2, 0.25) is 0 Å². The lowest BCUT2D eigenvalue weighted by atomic mass is 9.91. The summed E-state index contributed by atoms with van der Waals surface area (Å²) >= 11 is 0. The number of nitrogens with one attached hydrogen (secondary N) is 1. The molecule has 2 N–H and O–H groups in total. The number of allylic oxidation sites excluding steroid dienone is 3.